The van der Waals surface area contributed by atoms with Crippen molar-refractivity contribution in [3.05, 3.63) is 144 Å². The van der Waals surface area contributed by atoms with Crippen molar-refractivity contribution in [1.82, 2.24) is 18.8 Å². The fourth-order valence-electron chi connectivity index (χ4n) is 4.63. The number of imidazole rings is 2. The highest BCUT2D eigenvalue weighted by atomic mass is 35.5. The number of nitrogens with zero attached hydrogens (tertiary/aromatic N) is 4. The maximum Gasteiger partial charge on any atom is 0.138 e. The van der Waals surface area contributed by atoms with Gasteiger partial charge in [0, 0.05) is 63.6 Å². The van der Waals surface area contributed by atoms with Crippen LogP contribution in [0.1, 0.15) is 5.56 Å². The summed E-state index contributed by atoms with van der Waals surface area (Å²) in [5.41, 5.74) is 14.7. The summed E-state index contributed by atoms with van der Waals surface area (Å²) in [4.78, 5) is 8.76. The average molecular weight is 578 g/mol. The Labute approximate surface area is 247 Å². The second-order valence-corrected chi connectivity index (χ2v) is 10.4. The van der Waals surface area contributed by atoms with Crippen molar-refractivity contribution in [1.29, 1.82) is 0 Å². The van der Waals surface area contributed by atoms with Crippen LogP contribution in [-0.4, -0.2) is 18.8 Å². The Morgan fingerprint density at radius 2 is 1.22 bits per heavy atom. The number of benzene rings is 3. The van der Waals surface area contributed by atoms with Gasteiger partial charge in [0.05, 0.1) is 23.8 Å². The first-order valence-corrected chi connectivity index (χ1v) is 13.8. The van der Waals surface area contributed by atoms with E-state index in [4.69, 9.17) is 28.9 Å². The van der Waals surface area contributed by atoms with Crippen LogP contribution in [0.3, 0.4) is 0 Å². The van der Waals surface area contributed by atoms with E-state index in [-0.39, 0.29) is 0 Å². The molecule has 0 aliphatic heterocycles. The van der Waals surface area contributed by atoms with E-state index in [9.17, 15) is 0 Å². The third-order valence-corrected chi connectivity index (χ3v) is 7.10. The zero-order valence-corrected chi connectivity index (χ0v) is 23.5. The molecule has 0 atom stereocenters. The van der Waals surface area contributed by atoms with E-state index in [0.29, 0.717) is 10.0 Å². The minimum Gasteiger partial charge on any atom is -0.399 e. The molecule has 202 valence electrons. The Morgan fingerprint density at radius 1 is 0.634 bits per heavy atom. The summed E-state index contributed by atoms with van der Waals surface area (Å²) in [7, 11) is 0. The molecule has 0 saturated heterocycles. The van der Waals surface area contributed by atoms with Gasteiger partial charge in [0.25, 0.3) is 0 Å². The number of pyridine rings is 2. The molecule has 7 rings (SSSR count). The number of halogens is 2. The lowest BCUT2D eigenvalue weighted by atomic mass is 10.1. The lowest BCUT2D eigenvalue weighted by Crippen LogP contribution is -1.99. The molecule has 4 aromatic heterocycles. The Kier molecular flexibility index (Phi) is 7.58. The van der Waals surface area contributed by atoms with Crippen LogP contribution in [0.5, 0.6) is 0 Å². The highest BCUT2D eigenvalue weighted by molar-refractivity contribution is 6.31. The first-order valence-electron chi connectivity index (χ1n) is 13.0. The van der Waals surface area contributed by atoms with Crippen LogP contribution in [0, 0.1) is 0 Å². The second-order valence-electron chi connectivity index (χ2n) is 9.48. The molecule has 3 N–H and O–H groups in total. The largest absolute Gasteiger partial charge is 0.399 e. The Hall–Kier alpha value is -4.78. The van der Waals surface area contributed by atoms with Crippen LogP contribution in [0.25, 0.3) is 33.8 Å². The van der Waals surface area contributed by atoms with Crippen molar-refractivity contribution in [2.24, 2.45) is 0 Å². The number of nitrogen functional groups attached to an aromatic ring is 1. The molecule has 3 aromatic carbocycles. The number of hydrogen-bond donors (Lipinski definition) is 2. The fraction of sp³-hybridized carbons (Fsp3) is 0.0303. The summed E-state index contributed by atoms with van der Waals surface area (Å²) in [6, 6.07) is 33.9. The van der Waals surface area contributed by atoms with E-state index < -0.39 is 0 Å². The summed E-state index contributed by atoms with van der Waals surface area (Å²) in [6.45, 7) is 0.799. The molecule has 0 fully saturated rings. The number of hydrogen-bond acceptors (Lipinski definition) is 4. The first-order chi connectivity index (χ1) is 20.0. The molecule has 0 saturated carbocycles. The van der Waals surface area contributed by atoms with Gasteiger partial charge in [-0.2, -0.15) is 0 Å². The number of nitrogens with two attached hydrogens (primary N) is 1. The van der Waals surface area contributed by atoms with E-state index in [1.165, 1.54) is 5.56 Å². The Balaban J connectivity index is 0.000000156. The molecule has 0 radical (unpaired) electrons. The maximum atomic E-state index is 6.04. The Morgan fingerprint density at radius 3 is 1.83 bits per heavy atom. The van der Waals surface area contributed by atoms with Crippen molar-refractivity contribution >= 4 is 45.9 Å². The maximum absolute atomic E-state index is 6.04. The van der Waals surface area contributed by atoms with Crippen LogP contribution in [0.15, 0.2) is 128 Å². The van der Waals surface area contributed by atoms with Gasteiger partial charge in [-0.15, -0.1) is 0 Å². The predicted molar refractivity (Wildman–Crippen MR) is 169 cm³/mol. The van der Waals surface area contributed by atoms with Crippen molar-refractivity contribution in [3.63, 3.8) is 0 Å². The van der Waals surface area contributed by atoms with Crippen molar-refractivity contribution in [2.75, 3.05) is 11.1 Å². The predicted octanol–water partition coefficient (Wildman–Crippen LogP) is 8.50. The summed E-state index contributed by atoms with van der Waals surface area (Å²) in [6.07, 6.45) is 7.55. The van der Waals surface area contributed by atoms with Crippen LogP contribution in [-0.2, 0) is 6.54 Å². The molecule has 41 heavy (non-hydrogen) atoms. The van der Waals surface area contributed by atoms with Crippen molar-refractivity contribution in [3.8, 4) is 22.5 Å². The van der Waals surface area contributed by atoms with Crippen LogP contribution in [0.4, 0.5) is 11.4 Å². The minimum absolute atomic E-state index is 0.683. The highest BCUT2D eigenvalue weighted by Gasteiger charge is 2.08. The number of aromatic nitrogens is 4. The lowest BCUT2D eigenvalue weighted by Gasteiger charge is -2.09. The van der Waals surface area contributed by atoms with Gasteiger partial charge in [-0.1, -0.05) is 77.8 Å². The summed E-state index contributed by atoms with van der Waals surface area (Å²) < 4.78 is 4.03. The molecule has 4 heterocycles. The van der Waals surface area contributed by atoms with Gasteiger partial charge in [-0.25, -0.2) is 9.97 Å². The van der Waals surface area contributed by atoms with Crippen LogP contribution >= 0.6 is 23.2 Å². The molecule has 0 amide bonds. The second kappa shape index (κ2) is 11.8. The van der Waals surface area contributed by atoms with Gasteiger partial charge in [0.15, 0.2) is 0 Å². The van der Waals surface area contributed by atoms with Gasteiger partial charge in [0.1, 0.15) is 11.3 Å². The molecule has 0 bridgehead atoms. The van der Waals surface area contributed by atoms with Crippen LogP contribution in [0.2, 0.25) is 10.0 Å². The van der Waals surface area contributed by atoms with Gasteiger partial charge < -0.3 is 11.1 Å². The fourth-order valence-corrected chi connectivity index (χ4v) is 4.93. The highest BCUT2D eigenvalue weighted by Crippen LogP contribution is 2.26. The van der Waals surface area contributed by atoms with Gasteiger partial charge in [-0.05, 0) is 42.0 Å². The van der Waals surface area contributed by atoms with E-state index in [1.54, 1.807) is 0 Å². The molecule has 0 aliphatic rings. The quantitative estimate of drug-likeness (QED) is 0.201. The molecule has 7 aromatic rings. The van der Waals surface area contributed by atoms with Crippen molar-refractivity contribution < 1.29 is 0 Å². The third kappa shape index (κ3) is 6.04. The number of anilines is 2. The van der Waals surface area contributed by atoms with Gasteiger partial charge in [-0.3, -0.25) is 8.80 Å². The number of fused-ring (bicyclic) bond motifs is 2. The smallest absolute Gasteiger partial charge is 0.138 e. The van der Waals surface area contributed by atoms with E-state index >= 15 is 0 Å². The summed E-state index contributed by atoms with van der Waals surface area (Å²) >= 11 is 12.0. The minimum atomic E-state index is 0.683. The van der Waals surface area contributed by atoms with Gasteiger partial charge >= 0.3 is 0 Å². The normalized spacial score (nSPS) is 10.9. The first kappa shape index (κ1) is 26.4. The van der Waals surface area contributed by atoms with E-state index in [0.717, 1.165) is 51.7 Å². The zero-order valence-electron chi connectivity index (χ0n) is 22.0. The van der Waals surface area contributed by atoms with E-state index in [1.807, 2.05) is 88.2 Å². The van der Waals surface area contributed by atoms with Crippen molar-refractivity contribution in [2.45, 2.75) is 6.54 Å². The van der Waals surface area contributed by atoms with Crippen LogP contribution < -0.4 is 11.1 Å². The SMILES string of the molecule is Clc1ccn2c(-c3cccc(NCc4ccccc4)c3)cnc2c1.Nc1cccc(-c2cnc3cc(Cl)ccn23)c1. The lowest BCUT2D eigenvalue weighted by molar-refractivity contribution is 1.15. The summed E-state index contributed by atoms with van der Waals surface area (Å²) in [5, 5.41) is 4.84. The van der Waals surface area contributed by atoms with E-state index in [2.05, 4.69) is 63.8 Å². The summed E-state index contributed by atoms with van der Waals surface area (Å²) in [5.74, 6) is 0. The van der Waals surface area contributed by atoms with Gasteiger partial charge in [0.2, 0.25) is 0 Å². The zero-order chi connectivity index (χ0) is 28.2. The molecular formula is C33H26Cl2N6. The number of nitrogens with one attached hydrogen (secondary N) is 1. The molecule has 0 aliphatic carbocycles. The standard InChI is InChI=1S/C20H16ClN3.C13H10ClN3/c21-17-9-10-24-19(14-23-20(24)12-17)16-7-4-8-18(11-16)22-13-15-5-2-1-3-6-15;14-10-4-5-17-12(8-16-13(17)7-10)9-2-1-3-11(15)6-9/h1-12,14,22H,13H2;1-8H,15H2. The Bertz CT molecular complexity index is 1940. The monoisotopic (exact) mass is 576 g/mol. The average Bonchev–Trinajstić information content (AvgIpc) is 3.61. The number of rotatable bonds is 5. The molecule has 0 spiro atoms. The third-order valence-electron chi connectivity index (χ3n) is 6.63. The topological polar surface area (TPSA) is 72.6 Å². The molecule has 0 unspecified atom stereocenters. The molecule has 6 nitrogen and oxygen atoms in total. The molecule has 8 heteroatoms. The molecular weight excluding hydrogens is 551 g/mol.